The summed E-state index contributed by atoms with van der Waals surface area (Å²) in [6, 6.07) is 50.8. The first kappa shape index (κ1) is 23.8. The number of halogens is 1. The summed E-state index contributed by atoms with van der Waals surface area (Å²) >= 11 is 6.76. The highest BCUT2D eigenvalue weighted by molar-refractivity contribution is 6.33. The van der Waals surface area contributed by atoms with Gasteiger partial charge in [-0.3, -0.25) is 0 Å². The van der Waals surface area contributed by atoms with E-state index in [1.54, 1.807) is 0 Å². The molecule has 0 atom stereocenters. The van der Waals surface area contributed by atoms with Crippen molar-refractivity contribution in [3.63, 3.8) is 0 Å². The first-order valence-corrected chi connectivity index (χ1v) is 14.1. The molecule has 1 aromatic heterocycles. The molecule has 0 spiro atoms. The fourth-order valence-corrected chi connectivity index (χ4v) is 6.23. The summed E-state index contributed by atoms with van der Waals surface area (Å²) in [5.41, 5.74) is 7.11. The van der Waals surface area contributed by atoms with Gasteiger partial charge in [-0.25, -0.2) is 0 Å². The number of benzene rings is 7. The van der Waals surface area contributed by atoms with Crippen LogP contribution >= 0.6 is 11.6 Å². The number of anilines is 3. The first-order valence-electron chi connectivity index (χ1n) is 13.7. The van der Waals surface area contributed by atoms with Gasteiger partial charge in [0.15, 0.2) is 0 Å². The van der Waals surface area contributed by atoms with Gasteiger partial charge in [-0.15, -0.1) is 0 Å². The van der Waals surface area contributed by atoms with E-state index in [1.807, 2.05) is 18.2 Å². The van der Waals surface area contributed by atoms with Gasteiger partial charge in [0.2, 0.25) is 0 Å². The van der Waals surface area contributed by atoms with E-state index < -0.39 is 0 Å². The topological polar surface area (TPSA) is 16.4 Å². The molecule has 7 aromatic carbocycles. The average molecular weight is 546 g/mol. The highest BCUT2D eigenvalue weighted by Gasteiger charge is 2.21. The van der Waals surface area contributed by atoms with Crippen LogP contribution in [0.4, 0.5) is 17.1 Å². The van der Waals surface area contributed by atoms with Crippen molar-refractivity contribution in [2.24, 2.45) is 0 Å². The van der Waals surface area contributed by atoms with Crippen molar-refractivity contribution in [1.82, 2.24) is 0 Å². The lowest BCUT2D eigenvalue weighted by molar-refractivity contribution is 0.673. The van der Waals surface area contributed by atoms with Crippen LogP contribution in [0.3, 0.4) is 0 Å². The third-order valence-electron chi connectivity index (χ3n) is 7.89. The molecule has 0 aliphatic heterocycles. The molecule has 2 nitrogen and oxygen atoms in total. The molecule has 0 aliphatic carbocycles. The Labute approximate surface area is 242 Å². The fourth-order valence-electron chi connectivity index (χ4n) is 6.03. The summed E-state index contributed by atoms with van der Waals surface area (Å²) in [5, 5.41) is 7.46. The van der Waals surface area contributed by atoms with Crippen molar-refractivity contribution in [2.45, 2.75) is 0 Å². The van der Waals surface area contributed by atoms with Crippen LogP contribution in [0.25, 0.3) is 54.6 Å². The number of nitrogens with zero attached hydrogens (tertiary/aromatic N) is 1. The number of fused-ring (bicyclic) bond motifs is 6. The quantitative estimate of drug-likeness (QED) is 0.218. The summed E-state index contributed by atoms with van der Waals surface area (Å²) in [6.07, 6.45) is 0. The Balaban J connectivity index is 1.35. The Morgan fingerprint density at radius 2 is 1.17 bits per heavy atom. The third kappa shape index (κ3) is 3.96. The summed E-state index contributed by atoms with van der Waals surface area (Å²) < 4.78 is 6.52. The Kier molecular flexibility index (Phi) is 5.54. The van der Waals surface area contributed by atoms with Gasteiger partial charge in [-0.2, -0.15) is 0 Å². The maximum absolute atomic E-state index is 6.76. The highest BCUT2D eigenvalue weighted by atomic mass is 35.5. The van der Waals surface area contributed by atoms with E-state index in [1.165, 1.54) is 21.9 Å². The van der Waals surface area contributed by atoms with E-state index in [9.17, 15) is 0 Å². The lowest BCUT2D eigenvalue weighted by Crippen LogP contribution is -2.10. The van der Waals surface area contributed by atoms with Crippen LogP contribution in [-0.4, -0.2) is 0 Å². The second-order valence-corrected chi connectivity index (χ2v) is 10.7. The van der Waals surface area contributed by atoms with Crippen molar-refractivity contribution in [3.8, 4) is 11.1 Å². The minimum atomic E-state index is 0.629. The zero-order chi connectivity index (χ0) is 27.3. The Bertz CT molecular complexity index is 2210. The highest BCUT2D eigenvalue weighted by Crippen LogP contribution is 2.46. The van der Waals surface area contributed by atoms with Gasteiger partial charge in [-0.1, -0.05) is 115 Å². The summed E-state index contributed by atoms with van der Waals surface area (Å²) in [4.78, 5) is 2.27. The lowest BCUT2D eigenvalue weighted by atomic mass is 9.98. The van der Waals surface area contributed by atoms with E-state index in [0.717, 1.165) is 49.8 Å². The molecule has 194 valence electrons. The standard InChI is InChI=1S/C38H24ClNO/c39-28-23-35(37-34-22-19-26-10-5-7-15-33(26)38(34)41-36(37)24-28)40(29-12-2-1-3-13-29)30-20-17-27(18-21-30)32-16-8-11-25-9-4-6-14-31(25)32/h1-24H. The Hall–Kier alpha value is -5.05. The van der Waals surface area contributed by atoms with Gasteiger partial charge in [0.1, 0.15) is 11.2 Å². The molecule has 0 radical (unpaired) electrons. The molecule has 0 amide bonds. The largest absolute Gasteiger partial charge is 0.455 e. The SMILES string of the molecule is Clc1cc(N(c2ccccc2)c2ccc(-c3cccc4ccccc34)cc2)c2c(c1)oc1c3ccccc3ccc12. The van der Waals surface area contributed by atoms with Crippen LogP contribution < -0.4 is 4.90 Å². The first-order chi connectivity index (χ1) is 20.2. The van der Waals surface area contributed by atoms with Gasteiger partial charge < -0.3 is 9.32 Å². The predicted molar refractivity (Wildman–Crippen MR) is 174 cm³/mol. The molecule has 0 bridgehead atoms. The van der Waals surface area contributed by atoms with Crippen LogP contribution in [0, 0.1) is 0 Å². The maximum Gasteiger partial charge on any atom is 0.143 e. The molecule has 0 saturated heterocycles. The van der Waals surface area contributed by atoms with E-state index in [2.05, 4.69) is 132 Å². The van der Waals surface area contributed by atoms with Gasteiger partial charge in [0.25, 0.3) is 0 Å². The molecule has 41 heavy (non-hydrogen) atoms. The lowest BCUT2D eigenvalue weighted by Gasteiger charge is -2.26. The number of furan rings is 1. The Morgan fingerprint density at radius 1 is 0.512 bits per heavy atom. The summed E-state index contributed by atoms with van der Waals surface area (Å²) in [5.74, 6) is 0. The van der Waals surface area contributed by atoms with E-state index in [0.29, 0.717) is 5.02 Å². The number of hydrogen-bond acceptors (Lipinski definition) is 2. The number of rotatable bonds is 4. The molecule has 0 unspecified atom stereocenters. The Morgan fingerprint density at radius 3 is 1.98 bits per heavy atom. The number of para-hydroxylation sites is 1. The monoisotopic (exact) mass is 545 g/mol. The smallest absolute Gasteiger partial charge is 0.143 e. The molecule has 8 aromatic rings. The van der Waals surface area contributed by atoms with Crippen LogP contribution in [0.2, 0.25) is 5.02 Å². The van der Waals surface area contributed by atoms with E-state index in [4.69, 9.17) is 16.0 Å². The number of hydrogen-bond donors (Lipinski definition) is 0. The van der Waals surface area contributed by atoms with Crippen molar-refractivity contribution in [1.29, 1.82) is 0 Å². The van der Waals surface area contributed by atoms with Crippen LogP contribution in [-0.2, 0) is 0 Å². The molecule has 1 heterocycles. The molecule has 0 aliphatic rings. The molecule has 0 fully saturated rings. The van der Waals surface area contributed by atoms with Gasteiger partial charge in [0.05, 0.1) is 11.1 Å². The zero-order valence-electron chi connectivity index (χ0n) is 22.1. The third-order valence-corrected chi connectivity index (χ3v) is 8.11. The molecular formula is C38H24ClNO. The average Bonchev–Trinajstić information content (AvgIpc) is 3.41. The zero-order valence-corrected chi connectivity index (χ0v) is 22.8. The molecule has 8 rings (SSSR count). The van der Waals surface area contributed by atoms with Crippen LogP contribution in [0.5, 0.6) is 0 Å². The van der Waals surface area contributed by atoms with Crippen molar-refractivity contribution in [2.75, 3.05) is 4.90 Å². The van der Waals surface area contributed by atoms with E-state index in [-0.39, 0.29) is 0 Å². The van der Waals surface area contributed by atoms with Gasteiger partial charge in [0, 0.05) is 33.2 Å². The normalized spacial score (nSPS) is 11.5. The minimum absolute atomic E-state index is 0.629. The second-order valence-electron chi connectivity index (χ2n) is 10.3. The van der Waals surface area contributed by atoms with Gasteiger partial charge in [-0.05, 0) is 63.7 Å². The van der Waals surface area contributed by atoms with E-state index >= 15 is 0 Å². The van der Waals surface area contributed by atoms with Crippen molar-refractivity contribution < 1.29 is 4.42 Å². The summed E-state index contributed by atoms with van der Waals surface area (Å²) in [7, 11) is 0. The summed E-state index contributed by atoms with van der Waals surface area (Å²) in [6.45, 7) is 0. The second kappa shape index (κ2) is 9.55. The molecule has 3 heteroatoms. The maximum atomic E-state index is 6.76. The molecular weight excluding hydrogens is 522 g/mol. The molecule has 0 N–H and O–H groups in total. The van der Waals surface area contributed by atoms with Gasteiger partial charge >= 0.3 is 0 Å². The minimum Gasteiger partial charge on any atom is -0.455 e. The van der Waals surface area contributed by atoms with Crippen LogP contribution in [0.1, 0.15) is 0 Å². The van der Waals surface area contributed by atoms with Crippen molar-refractivity contribution in [3.05, 3.63) is 151 Å². The fraction of sp³-hybridized carbons (Fsp3) is 0. The van der Waals surface area contributed by atoms with Crippen LogP contribution in [0.15, 0.2) is 150 Å². The van der Waals surface area contributed by atoms with Crippen molar-refractivity contribution >= 4 is 72.1 Å². The predicted octanol–water partition coefficient (Wildman–Crippen LogP) is 11.7. The molecule has 0 saturated carbocycles.